The summed E-state index contributed by atoms with van der Waals surface area (Å²) in [6.45, 7) is 3.04. The largest absolute Gasteiger partial charge is 0.385 e. The Morgan fingerprint density at radius 1 is 1.06 bits per heavy atom. The average Bonchev–Trinajstić information content (AvgIpc) is 2.34. The van der Waals surface area contributed by atoms with Crippen LogP contribution in [0.5, 0.6) is 0 Å². The number of hydrogen-bond acceptors (Lipinski definition) is 1. The molecule has 1 nitrogen and oxygen atoms in total. The molecule has 0 unspecified atom stereocenters. The van der Waals surface area contributed by atoms with Crippen LogP contribution in [0.2, 0.25) is 0 Å². The summed E-state index contributed by atoms with van der Waals surface area (Å²) in [5, 5.41) is 6.00. The second-order valence-corrected chi connectivity index (χ2v) is 3.85. The summed E-state index contributed by atoms with van der Waals surface area (Å²) in [6.07, 6.45) is 5.33. The van der Waals surface area contributed by atoms with Crippen molar-refractivity contribution in [3.05, 3.63) is 54.6 Å². The average molecular weight is 211 g/mol. The van der Waals surface area contributed by atoms with Crippen LogP contribution in [0, 0.1) is 0 Å². The van der Waals surface area contributed by atoms with Gasteiger partial charge in [0.2, 0.25) is 0 Å². The van der Waals surface area contributed by atoms with Crippen molar-refractivity contribution in [2.45, 2.75) is 13.3 Å². The summed E-state index contributed by atoms with van der Waals surface area (Å²) in [4.78, 5) is 0. The number of fused-ring (bicyclic) bond motifs is 1. The first kappa shape index (κ1) is 10.7. The highest BCUT2D eigenvalue weighted by Gasteiger charge is 1.94. The molecule has 0 fully saturated rings. The molecule has 0 bridgehead atoms. The molecule has 0 aliphatic carbocycles. The third-order valence-electron chi connectivity index (χ3n) is 2.63. The number of allylic oxidation sites excluding steroid dienone is 1. The molecule has 2 rings (SSSR count). The minimum Gasteiger partial charge on any atom is -0.385 e. The van der Waals surface area contributed by atoms with Gasteiger partial charge in [0.1, 0.15) is 0 Å². The third kappa shape index (κ3) is 2.63. The Morgan fingerprint density at radius 3 is 2.69 bits per heavy atom. The molecule has 2 aromatic carbocycles. The molecule has 0 saturated heterocycles. The van der Waals surface area contributed by atoms with Crippen LogP contribution < -0.4 is 5.32 Å². The van der Waals surface area contributed by atoms with Gasteiger partial charge in [-0.1, -0.05) is 42.5 Å². The first-order chi connectivity index (χ1) is 7.90. The van der Waals surface area contributed by atoms with Crippen molar-refractivity contribution < 1.29 is 0 Å². The number of rotatable bonds is 4. The normalized spacial score (nSPS) is 11.1. The quantitative estimate of drug-likeness (QED) is 0.590. The zero-order valence-corrected chi connectivity index (χ0v) is 9.61. The second-order valence-electron chi connectivity index (χ2n) is 3.85. The molecule has 0 aliphatic heterocycles. The molecule has 16 heavy (non-hydrogen) atoms. The van der Waals surface area contributed by atoms with Gasteiger partial charge in [-0.25, -0.2) is 0 Å². The van der Waals surface area contributed by atoms with Crippen LogP contribution in [0.1, 0.15) is 13.3 Å². The third-order valence-corrected chi connectivity index (χ3v) is 2.63. The van der Waals surface area contributed by atoms with E-state index in [1.165, 1.54) is 16.5 Å². The van der Waals surface area contributed by atoms with E-state index in [0.717, 1.165) is 13.0 Å². The van der Waals surface area contributed by atoms with E-state index >= 15 is 0 Å². The van der Waals surface area contributed by atoms with Crippen molar-refractivity contribution in [2.24, 2.45) is 0 Å². The van der Waals surface area contributed by atoms with Gasteiger partial charge in [-0.2, -0.15) is 0 Å². The maximum Gasteiger partial charge on any atom is 0.0346 e. The summed E-state index contributed by atoms with van der Waals surface area (Å²) in [6, 6.07) is 14.9. The Labute approximate surface area is 96.8 Å². The highest BCUT2D eigenvalue weighted by molar-refractivity contribution is 5.85. The zero-order chi connectivity index (χ0) is 11.2. The molecule has 0 heterocycles. The SMILES string of the molecule is C/C=C\CCNc1ccc2ccccc2c1. The van der Waals surface area contributed by atoms with E-state index in [-0.39, 0.29) is 0 Å². The van der Waals surface area contributed by atoms with Gasteiger partial charge in [-0.05, 0) is 36.2 Å². The monoisotopic (exact) mass is 211 g/mol. The molecule has 0 aromatic heterocycles. The molecular weight excluding hydrogens is 194 g/mol. The Balaban J connectivity index is 2.07. The summed E-state index contributed by atoms with van der Waals surface area (Å²) in [5.74, 6) is 0. The predicted octanol–water partition coefficient (Wildman–Crippen LogP) is 4.22. The summed E-state index contributed by atoms with van der Waals surface area (Å²) >= 11 is 0. The van der Waals surface area contributed by atoms with Crippen LogP contribution in [0.4, 0.5) is 5.69 Å². The van der Waals surface area contributed by atoms with Gasteiger partial charge in [-0.15, -0.1) is 0 Å². The molecule has 0 atom stereocenters. The number of benzene rings is 2. The molecule has 82 valence electrons. The maximum atomic E-state index is 3.42. The van der Waals surface area contributed by atoms with Crippen molar-refractivity contribution >= 4 is 16.5 Å². The Hall–Kier alpha value is -1.76. The van der Waals surface area contributed by atoms with E-state index in [1.807, 2.05) is 0 Å². The first-order valence-electron chi connectivity index (χ1n) is 5.74. The Morgan fingerprint density at radius 2 is 1.88 bits per heavy atom. The molecule has 0 saturated carbocycles. The van der Waals surface area contributed by atoms with Crippen molar-refractivity contribution in [3.63, 3.8) is 0 Å². The second kappa shape index (κ2) is 5.36. The van der Waals surface area contributed by atoms with Crippen molar-refractivity contribution in [1.82, 2.24) is 0 Å². The molecule has 1 N–H and O–H groups in total. The minimum absolute atomic E-state index is 0.989. The molecular formula is C15H17N. The van der Waals surface area contributed by atoms with Gasteiger partial charge in [0.05, 0.1) is 0 Å². The summed E-state index contributed by atoms with van der Waals surface area (Å²) in [5.41, 5.74) is 1.20. The Bertz CT molecular complexity index is 486. The van der Waals surface area contributed by atoms with Gasteiger partial charge in [-0.3, -0.25) is 0 Å². The smallest absolute Gasteiger partial charge is 0.0346 e. The van der Waals surface area contributed by atoms with E-state index in [1.54, 1.807) is 0 Å². The summed E-state index contributed by atoms with van der Waals surface area (Å²) in [7, 11) is 0. The minimum atomic E-state index is 0.989. The first-order valence-corrected chi connectivity index (χ1v) is 5.74. The van der Waals surface area contributed by atoms with Gasteiger partial charge in [0.15, 0.2) is 0 Å². The fourth-order valence-electron chi connectivity index (χ4n) is 1.77. The lowest BCUT2D eigenvalue weighted by atomic mass is 10.1. The molecule has 2 aromatic rings. The van der Waals surface area contributed by atoms with Crippen LogP contribution in [0.25, 0.3) is 10.8 Å². The number of hydrogen-bond donors (Lipinski definition) is 1. The highest BCUT2D eigenvalue weighted by atomic mass is 14.9. The van der Waals surface area contributed by atoms with E-state index in [2.05, 4.69) is 66.9 Å². The number of nitrogens with one attached hydrogen (secondary N) is 1. The van der Waals surface area contributed by atoms with E-state index in [0.29, 0.717) is 0 Å². The topological polar surface area (TPSA) is 12.0 Å². The standard InChI is InChI=1S/C15H17N/c1-2-3-6-11-16-15-10-9-13-7-4-5-8-14(13)12-15/h2-5,7-10,12,16H,6,11H2,1H3/b3-2-. The van der Waals surface area contributed by atoms with Crippen molar-refractivity contribution in [3.8, 4) is 0 Å². The lowest BCUT2D eigenvalue weighted by Crippen LogP contribution is -1.99. The number of anilines is 1. The van der Waals surface area contributed by atoms with Crippen LogP contribution in [0.3, 0.4) is 0 Å². The van der Waals surface area contributed by atoms with Crippen molar-refractivity contribution in [2.75, 3.05) is 11.9 Å². The Kier molecular flexibility index (Phi) is 3.60. The molecule has 0 amide bonds. The zero-order valence-electron chi connectivity index (χ0n) is 9.61. The van der Waals surface area contributed by atoms with Gasteiger partial charge >= 0.3 is 0 Å². The van der Waals surface area contributed by atoms with Gasteiger partial charge < -0.3 is 5.32 Å². The maximum absolute atomic E-state index is 3.42. The van der Waals surface area contributed by atoms with Crippen LogP contribution >= 0.6 is 0 Å². The lowest BCUT2D eigenvalue weighted by Gasteiger charge is -2.06. The fraction of sp³-hybridized carbons (Fsp3) is 0.200. The van der Waals surface area contributed by atoms with Crippen LogP contribution in [-0.4, -0.2) is 6.54 Å². The van der Waals surface area contributed by atoms with Gasteiger partial charge in [0, 0.05) is 12.2 Å². The fourth-order valence-corrected chi connectivity index (χ4v) is 1.77. The van der Waals surface area contributed by atoms with Crippen molar-refractivity contribution in [1.29, 1.82) is 0 Å². The molecule has 0 spiro atoms. The van der Waals surface area contributed by atoms with Gasteiger partial charge in [0.25, 0.3) is 0 Å². The van der Waals surface area contributed by atoms with E-state index < -0.39 is 0 Å². The lowest BCUT2D eigenvalue weighted by molar-refractivity contribution is 1.07. The van der Waals surface area contributed by atoms with E-state index in [9.17, 15) is 0 Å². The predicted molar refractivity (Wildman–Crippen MR) is 71.9 cm³/mol. The molecule has 0 aliphatic rings. The molecule has 0 radical (unpaired) electrons. The summed E-state index contributed by atoms with van der Waals surface area (Å²) < 4.78 is 0. The highest BCUT2D eigenvalue weighted by Crippen LogP contribution is 2.18. The van der Waals surface area contributed by atoms with E-state index in [4.69, 9.17) is 0 Å². The van der Waals surface area contributed by atoms with Crippen LogP contribution in [0.15, 0.2) is 54.6 Å². The van der Waals surface area contributed by atoms with Crippen LogP contribution in [-0.2, 0) is 0 Å². The molecule has 1 heteroatoms.